The van der Waals surface area contributed by atoms with Crippen LogP contribution in [0, 0.1) is 6.92 Å². The van der Waals surface area contributed by atoms with Gasteiger partial charge < -0.3 is 14.8 Å². The Morgan fingerprint density at radius 2 is 2.25 bits per heavy atom. The molecule has 0 saturated carbocycles. The second-order valence-electron chi connectivity index (χ2n) is 3.00. The van der Waals surface area contributed by atoms with E-state index in [2.05, 4.69) is 0 Å². The van der Waals surface area contributed by atoms with Crippen molar-refractivity contribution in [3.8, 4) is 5.75 Å². The van der Waals surface area contributed by atoms with Crippen molar-refractivity contribution in [1.82, 2.24) is 0 Å². The molecule has 0 bridgehead atoms. The quantitative estimate of drug-likeness (QED) is 0.527. The summed E-state index contributed by atoms with van der Waals surface area (Å²) in [6.45, 7) is 2.25. The lowest BCUT2D eigenvalue weighted by atomic mass is 9.79. The van der Waals surface area contributed by atoms with Crippen molar-refractivity contribution < 1.29 is 14.8 Å². The van der Waals surface area contributed by atoms with E-state index in [0.29, 0.717) is 12.1 Å². The monoisotopic (exact) mass is 164 g/mol. The third-order valence-corrected chi connectivity index (χ3v) is 2.12. The SMILES string of the molecule is Cc1cc2c(cc1O)B(O)OC2. The van der Waals surface area contributed by atoms with Gasteiger partial charge in [-0.3, -0.25) is 0 Å². The number of benzene rings is 1. The summed E-state index contributed by atoms with van der Waals surface area (Å²) in [4.78, 5) is 0. The average molecular weight is 164 g/mol. The Morgan fingerprint density at radius 1 is 1.50 bits per heavy atom. The molecule has 2 N–H and O–H groups in total. The van der Waals surface area contributed by atoms with Gasteiger partial charge in [-0.2, -0.15) is 0 Å². The minimum Gasteiger partial charge on any atom is -0.508 e. The molecule has 0 amide bonds. The van der Waals surface area contributed by atoms with E-state index in [1.54, 1.807) is 6.07 Å². The van der Waals surface area contributed by atoms with Crippen molar-refractivity contribution in [2.45, 2.75) is 13.5 Å². The fourth-order valence-electron chi connectivity index (χ4n) is 1.39. The Hall–Kier alpha value is -0.995. The molecule has 2 rings (SSSR count). The largest absolute Gasteiger partial charge is 0.508 e. The number of aromatic hydroxyl groups is 1. The van der Waals surface area contributed by atoms with Gasteiger partial charge in [0.2, 0.25) is 0 Å². The predicted molar refractivity (Wildman–Crippen MR) is 45.2 cm³/mol. The maximum atomic E-state index is 9.33. The van der Waals surface area contributed by atoms with Gasteiger partial charge in [0.25, 0.3) is 0 Å². The van der Waals surface area contributed by atoms with Crippen LogP contribution in [0.3, 0.4) is 0 Å². The van der Waals surface area contributed by atoms with E-state index in [1.165, 1.54) is 0 Å². The lowest BCUT2D eigenvalue weighted by molar-refractivity contribution is 0.275. The zero-order chi connectivity index (χ0) is 8.72. The summed E-state index contributed by atoms with van der Waals surface area (Å²) in [5.41, 5.74) is 2.45. The zero-order valence-corrected chi connectivity index (χ0v) is 6.74. The van der Waals surface area contributed by atoms with Crippen LogP contribution in [0.15, 0.2) is 12.1 Å². The molecular weight excluding hydrogens is 155 g/mol. The number of hydrogen-bond acceptors (Lipinski definition) is 3. The highest BCUT2D eigenvalue weighted by Gasteiger charge is 2.27. The Balaban J connectivity index is 2.56. The average Bonchev–Trinajstić information content (AvgIpc) is 2.35. The topological polar surface area (TPSA) is 49.7 Å². The smallest absolute Gasteiger partial charge is 0.491 e. The van der Waals surface area contributed by atoms with E-state index in [9.17, 15) is 10.1 Å². The molecular formula is C8H9BO3. The third kappa shape index (κ3) is 1.00. The molecule has 1 aliphatic rings. The molecule has 0 saturated heterocycles. The minimum atomic E-state index is -0.869. The summed E-state index contributed by atoms with van der Waals surface area (Å²) in [5, 5.41) is 18.6. The summed E-state index contributed by atoms with van der Waals surface area (Å²) >= 11 is 0. The Bertz CT molecular complexity index is 324. The van der Waals surface area contributed by atoms with E-state index in [4.69, 9.17) is 4.65 Å². The van der Waals surface area contributed by atoms with Crippen molar-refractivity contribution >= 4 is 12.6 Å². The van der Waals surface area contributed by atoms with Crippen LogP contribution in [0.25, 0.3) is 0 Å². The lowest BCUT2D eigenvalue weighted by Crippen LogP contribution is -2.27. The Morgan fingerprint density at radius 3 is 3.00 bits per heavy atom. The summed E-state index contributed by atoms with van der Waals surface area (Å²) in [7, 11) is -0.869. The molecule has 1 aromatic carbocycles. The van der Waals surface area contributed by atoms with Crippen LogP contribution in [0.2, 0.25) is 0 Å². The Labute approximate surface area is 70.8 Å². The van der Waals surface area contributed by atoms with E-state index in [0.717, 1.165) is 11.1 Å². The van der Waals surface area contributed by atoms with Gasteiger partial charge >= 0.3 is 7.12 Å². The maximum Gasteiger partial charge on any atom is 0.491 e. The van der Waals surface area contributed by atoms with Crippen LogP contribution in [0.5, 0.6) is 5.75 Å². The van der Waals surface area contributed by atoms with Crippen LogP contribution >= 0.6 is 0 Å². The van der Waals surface area contributed by atoms with Crippen molar-refractivity contribution in [3.05, 3.63) is 23.3 Å². The molecule has 0 spiro atoms. The minimum absolute atomic E-state index is 0.207. The molecule has 0 radical (unpaired) electrons. The van der Waals surface area contributed by atoms with Crippen molar-refractivity contribution in [2.75, 3.05) is 0 Å². The van der Waals surface area contributed by atoms with Gasteiger partial charge in [-0.1, -0.05) is 6.07 Å². The number of phenols is 1. The van der Waals surface area contributed by atoms with Gasteiger partial charge in [0.15, 0.2) is 0 Å². The molecule has 3 nitrogen and oxygen atoms in total. The molecule has 0 unspecified atom stereocenters. The fraction of sp³-hybridized carbons (Fsp3) is 0.250. The first-order valence-corrected chi connectivity index (χ1v) is 3.80. The van der Waals surface area contributed by atoms with Crippen LogP contribution < -0.4 is 5.46 Å². The van der Waals surface area contributed by atoms with E-state index in [1.807, 2.05) is 13.0 Å². The second kappa shape index (κ2) is 2.50. The van der Waals surface area contributed by atoms with Crippen molar-refractivity contribution in [2.24, 2.45) is 0 Å². The zero-order valence-electron chi connectivity index (χ0n) is 6.74. The summed E-state index contributed by atoms with van der Waals surface area (Å²) in [5.74, 6) is 0.207. The molecule has 0 atom stereocenters. The summed E-state index contributed by atoms with van der Waals surface area (Å²) in [6.07, 6.45) is 0. The van der Waals surface area contributed by atoms with Crippen LogP contribution in [-0.2, 0) is 11.3 Å². The van der Waals surface area contributed by atoms with Crippen molar-refractivity contribution in [1.29, 1.82) is 0 Å². The highest BCUT2D eigenvalue weighted by Crippen LogP contribution is 2.19. The molecule has 1 aromatic rings. The molecule has 4 heteroatoms. The third-order valence-electron chi connectivity index (χ3n) is 2.12. The Kier molecular flexibility index (Phi) is 1.59. The molecule has 62 valence electrons. The van der Waals surface area contributed by atoms with Crippen LogP contribution in [0.1, 0.15) is 11.1 Å². The van der Waals surface area contributed by atoms with Gasteiger partial charge in [0.05, 0.1) is 6.61 Å². The van der Waals surface area contributed by atoms with E-state index < -0.39 is 7.12 Å². The van der Waals surface area contributed by atoms with Gasteiger partial charge in [-0.25, -0.2) is 0 Å². The van der Waals surface area contributed by atoms with Crippen LogP contribution in [-0.4, -0.2) is 17.2 Å². The van der Waals surface area contributed by atoms with E-state index >= 15 is 0 Å². The number of phenolic OH excluding ortho intramolecular Hbond substituents is 1. The lowest BCUT2D eigenvalue weighted by Gasteiger charge is -2.02. The van der Waals surface area contributed by atoms with Gasteiger partial charge in [-0.15, -0.1) is 0 Å². The fourth-order valence-corrected chi connectivity index (χ4v) is 1.39. The molecule has 1 aliphatic heterocycles. The molecule has 0 aromatic heterocycles. The van der Waals surface area contributed by atoms with Gasteiger partial charge in [0.1, 0.15) is 5.75 Å². The van der Waals surface area contributed by atoms with Crippen LogP contribution in [0.4, 0.5) is 0 Å². The normalized spacial score (nSPS) is 15.0. The number of hydrogen-bond donors (Lipinski definition) is 2. The predicted octanol–water partition coefficient (Wildman–Crippen LogP) is -0.0817. The second-order valence-corrected chi connectivity index (χ2v) is 3.00. The highest BCUT2D eigenvalue weighted by atomic mass is 16.5. The standard InChI is InChI=1S/C8H9BO3/c1-5-2-6-4-12-9(11)7(6)3-8(5)10/h2-3,10-11H,4H2,1H3. The van der Waals surface area contributed by atoms with E-state index in [-0.39, 0.29) is 5.75 Å². The highest BCUT2D eigenvalue weighted by molar-refractivity contribution is 6.61. The molecule has 1 heterocycles. The van der Waals surface area contributed by atoms with Gasteiger partial charge in [-0.05, 0) is 29.6 Å². The molecule has 0 fully saturated rings. The summed E-state index contributed by atoms with van der Waals surface area (Å²) in [6, 6.07) is 3.39. The first-order chi connectivity index (χ1) is 5.68. The molecule has 12 heavy (non-hydrogen) atoms. The first-order valence-electron chi connectivity index (χ1n) is 3.80. The summed E-state index contributed by atoms with van der Waals surface area (Å²) < 4.78 is 4.98. The molecule has 0 aliphatic carbocycles. The number of fused-ring (bicyclic) bond motifs is 1. The first kappa shape index (κ1) is 7.64. The van der Waals surface area contributed by atoms with Crippen molar-refractivity contribution in [3.63, 3.8) is 0 Å². The number of rotatable bonds is 0. The maximum absolute atomic E-state index is 9.33. The number of aryl methyl sites for hydroxylation is 1. The van der Waals surface area contributed by atoms with Gasteiger partial charge in [0, 0.05) is 0 Å².